The van der Waals surface area contributed by atoms with Gasteiger partial charge in [0.15, 0.2) is 0 Å². The molecule has 0 aromatic carbocycles. The summed E-state index contributed by atoms with van der Waals surface area (Å²) in [7, 11) is 1.50. The van der Waals surface area contributed by atoms with Crippen molar-refractivity contribution in [2.75, 3.05) is 20.3 Å². The Bertz CT molecular complexity index is 186. The molecule has 0 aromatic rings. The zero-order valence-electron chi connectivity index (χ0n) is 9.69. The highest BCUT2D eigenvalue weighted by Crippen LogP contribution is 2.02. The fourth-order valence-electron chi connectivity index (χ4n) is 1.00. The van der Waals surface area contributed by atoms with Crippen molar-refractivity contribution in [1.29, 1.82) is 0 Å². The number of carbonyl (C=O) groups is 1. The van der Waals surface area contributed by atoms with Gasteiger partial charge in [0.2, 0.25) is 5.91 Å². The van der Waals surface area contributed by atoms with E-state index in [4.69, 9.17) is 10.5 Å². The van der Waals surface area contributed by atoms with Crippen molar-refractivity contribution in [3.8, 4) is 0 Å². The van der Waals surface area contributed by atoms with E-state index in [1.54, 1.807) is 0 Å². The summed E-state index contributed by atoms with van der Waals surface area (Å²) in [6.07, 6.45) is -0.369. The molecule has 0 fully saturated rings. The molecule has 0 aromatic heterocycles. The SMILES string of the molecule is COCC(O)CNC(=O)CC(N)C(C)C. The smallest absolute Gasteiger partial charge is 0.221 e. The molecule has 0 saturated carbocycles. The molecule has 0 radical (unpaired) electrons. The van der Waals surface area contributed by atoms with Gasteiger partial charge in [0.05, 0.1) is 12.7 Å². The summed E-state index contributed by atoms with van der Waals surface area (Å²) in [5, 5.41) is 11.9. The molecule has 0 heterocycles. The molecule has 90 valence electrons. The molecule has 2 unspecified atom stereocenters. The number of methoxy groups -OCH3 is 1. The Hall–Kier alpha value is -0.650. The van der Waals surface area contributed by atoms with E-state index < -0.39 is 6.10 Å². The van der Waals surface area contributed by atoms with Crippen LogP contribution in [0.15, 0.2) is 0 Å². The Labute approximate surface area is 91.0 Å². The van der Waals surface area contributed by atoms with Crippen molar-refractivity contribution in [2.45, 2.75) is 32.4 Å². The summed E-state index contributed by atoms with van der Waals surface area (Å²) in [5.74, 6) is 0.144. The van der Waals surface area contributed by atoms with E-state index in [1.165, 1.54) is 7.11 Å². The zero-order chi connectivity index (χ0) is 11.8. The second kappa shape index (κ2) is 7.62. The highest BCUT2D eigenvalue weighted by atomic mass is 16.5. The Morgan fingerprint density at radius 2 is 2.13 bits per heavy atom. The maximum absolute atomic E-state index is 11.3. The van der Waals surface area contributed by atoms with Crippen LogP contribution in [0.2, 0.25) is 0 Å². The number of rotatable bonds is 7. The highest BCUT2D eigenvalue weighted by molar-refractivity contribution is 5.76. The van der Waals surface area contributed by atoms with Gasteiger partial charge in [0.1, 0.15) is 0 Å². The van der Waals surface area contributed by atoms with Crippen molar-refractivity contribution in [2.24, 2.45) is 11.7 Å². The molecular formula is C10H22N2O3. The third-order valence-electron chi connectivity index (χ3n) is 2.17. The largest absolute Gasteiger partial charge is 0.389 e. The lowest BCUT2D eigenvalue weighted by molar-refractivity contribution is -0.122. The van der Waals surface area contributed by atoms with E-state index in [1.807, 2.05) is 13.8 Å². The minimum atomic E-state index is -0.658. The summed E-state index contributed by atoms with van der Waals surface area (Å²) in [6.45, 7) is 4.36. The van der Waals surface area contributed by atoms with Gasteiger partial charge < -0.3 is 20.9 Å². The van der Waals surface area contributed by atoms with E-state index >= 15 is 0 Å². The molecule has 15 heavy (non-hydrogen) atoms. The van der Waals surface area contributed by atoms with Crippen LogP contribution in [0.1, 0.15) is 20.3 Å². The van der Waals surface area contributed by atoms with Gasteiger partial charge in [0, 0.05) is 26.1 Å². The molecule has 4 N–H and O–H groups in total. The molecule has 5 nitrogen and oxygen atoms in total. The van der Waals surface area contributed by atoms with E-state index in [2.05, 4.69) is 5.32 Å². The third-order valence-corrected chi connectivity index (χ3v) is 2.17. The second-order valence-corrected chi connectivity index (χ2v) is 4.03. The van der Waals surface area contributed by atoms with Crippen LogP contribution in [-0.2, 0) is 9.53 Å². The molecule has 2 atom stereocenters. The van der Waals surface area contributed by atoms with Crippen LogP contribution >= 0.6 is 0 Å². The molecule has 0 saturated heterocycles. The summed E-state index contributed by atoms with van der Waals surface area (Å²) in [5.41, 5.74) is 5.73. The number of amides is 1. The number of nitrogens with one attached hydrogen (secondary N) is 1. The lowest BCUT2D eigenvalue weighted by atomic mass is 10.0. The van der Waals surface area contributed by atoms with Gasteiger partial charge >= 0.3 is 0 Å². The number of nitrogens with two attached hydrogens (primary N) is 1. The van der Waals surface area contributed by atoms with Gasteiger partial charge in [-0.3, -0.25) is 4.79 Å². The highest BCUT2D eigenvalue weighted by Gasteiger charge is 2.13. The Morgan fingerprint density at radius 3 is 2.60 bits per heavy atom. The molecule has 1 amide bonds. The minimum absolute atomic E-state index is 0.133. The summed E-state index contributed by atoms with van der Waals surface area (Å²) in [6, 6.07) is -0.135. The van der Waals surface area contributed by atoms with Gasteiger partial charge in [-0.15, -0.1) is 0 Å². The molecule has 0 spiro atoms. The van der Waals surface area contributed by atoms with Crippen LogP contribution in [0, 0.1) is 5.92 Å². The fraction of sp³-hybridized carbons (Fsp3) is 0.900. The maximum Gasteiger partial charge on any atom is 0.221 e. The summed E-state index contributed by atoms with van der Waals surface area (Å²) >= 11 is 0. The van der Waals surface area contributed by atoms with Crippen molar-refractivity contribution >= 4 is 5.91 Å². The van der Waals surface area contributed by atoms with Crippen LogP contribution < -0.4 is 11.1 Å². The van der Waals surface area contributed by atoms with Crippen LogP contribution in [0.25, 0.3) is 0 Å². The summed E-state index contributed by atoms with van der Waals surface area (Å²) in [4.78, 5) is 11.3. The number of hydrogen-bond acceptors (Lipinski definition) is 4. The number of hydrogen-bond donors (Lipinski definition) is 3. The number of ether oxygens (including phenoxy) is 1. The van der Waals surface area contributed by atoms with Crippen molar-refractivity contribution in [1.82, 2.24) is 5.32 Å². The predicted molar refractivity (Wildman–Crippen MR) is 58.3 cm³/mol. The average Bonchev–Trinajstić information content (AvgIpc) is 2.15. The second-order valence-electron chi connectivity index (χ2n) is 4.03. The predicted octanol–water partition coefficient (Wildman–Crippen LogP) is -0.517. The van der Waals surface area contributed by atoms with Crippen LogP contribution in [-0.4, -0.2) is 43.4 Å². The van der Waals surface area contributed by atoms with Gasteiger partial charge in [0.25, 0.3) is 0 Å². The first-order valence-corrected chi connectivity index (χ1v) is 5.16. The Balaban J connectivity index is 3.66. The molecule has 0 aliphatic rings. The van der Waals surface area contributed by atoms with Crippen molar-refractivity contribution in [3.05, 3.63) is 0 Å². The fourth-order valence-corrected chi connectivity index (χ4v) is 1.00. The topological polar surface area (TPSA) is 84.6 Å². The monoisotopic (exact) mass is 218 g/mol. The molecular weight excluding hydrogens is 196 g/mol. The van der Waals surface area contributed by atoms with Crippen LogP contribution in [0.4, 0.5) is 0 Å². The number of aliphatic hydroxyl groups excluding tert-OH is 1. The first-order chi connectivity index (χ1) is 6.97. The lowest BCUT2D eigenvalue weighted by Gasteiger charge is -2.16. The van der Waals surface area contributed by atoms with Crippen LogP contribution in [0.5, 0.6) is 0 Å². The third kappa shape index (κ3) is 7.30. The first kappa shape index (κ1) is 14.3. The number of aliphatic hydroxyl groups is 1. The van der Waals surface area contributed by atoms with Gasteiger partial charge in [-0.2, -0.15) is 0 Å². The molecule has 0 aliphatic carbocycles. The van der Waals surface area contributed by atoms with Crippen LogP contribution in [0.3, 0.4) is 0 Å². The standard InChI is InChI=1S/C10H22N2O3/c1-7(2)9(11)4-10(14)12-5-8(13)6-15-3/h7-9,13H,4-6,11H2,1-3H3,(H,12,14). The van der Waals surface area contributed by atoms with Crippen molar-refractivity contribution in [3.63, 3.8) is 0 Å². The normalized spacial score (nSPS) is 15.1. The Morgan fingerprint density at radius 1 is 1.53 bits per heavy atom. The van der Waals surface area contributed by atoms with E-state index in [0.29, 0.717) is 0 Å². The Kier molecular flexibility index (Phi) is 7.29. The van der Waals surface area contributed by atoms with E-state index in [0.717, 1.165) is 0 Å². The molecule has 0 aliphatic heterocycles. The first-order valence-electron chi connectivity index (χ1n) is 5.16. The van der Waals surface area contributed by atoms with Gasteiger partial charge in [-0.1, -0.05) is 13.8 Å². The zero-order valence-corrected chi connectivity index (χ0v) is 9.69. The van der Waals surface area contributed by atoms with E-state index in [-0.39, 0.29) is 37.4 Å². The minimum Gasteiger partial charge on any atom is -0.389 e. The average molecular weight is 218 g/mol. The molecule has 0 bridgehead atoms. The lowest BCUT2D eigenvalue weighted by Crippen LogP contribution is -2.39. The number of carbonyl (C=O) groups excluding carboxylic acids is 1. The summed E-state index contributed by atoms with van der Waals surface area (Å²) < 4.78 is 4.73. The van der Waals surface area contributed by atoms with Gasteiger partial charge in [-0.25, -0.2) is 0 Å². The quantitative estimate of drug-likeness (QED) is 0.537. The van der Waals surface area contributed by atoms with Gasteiger partial charge in [-0.05, 0) is 5.92 Å². The molecule has 0 rings (SSSR count). The van der Waals surface area contributed by atoms with E-state index in [9.17, 15) is 9.90 Å². The maximum atomic E-state index is 11.3. The molecule has 5 heteroatoms. The van der Waals surface area contributed by atoms with Crippen molar-refractivity contribution < 1.29 is 14.6 Å².